The number of rotatable bonds is 7. The molecule has 0 fully saturated rings. The lowest BCUT2D eigenvalue weighted by Crippen LogP contribution is -2.32. The van der Waals surface area contributed by atoms with Gasteiger partial charge >= 0.3 is 0 Å². The standard InChI is InChI=1S/C19H25NO2/c1-3-4-5-6-7-8-13-17(21)18-14(2)19(22)15-11-9-10-12-16(15)20-18/h8-14,17,21H,3-7H2,1-2H3/b13-8+. The van der Waals surface area contributed by atoms with Crippen molar-refractivity contribution in [3.05, 3.63) is 42.0 Å². The molecule has 0 bridgehead atoms. The van der Waals surface area contributed by atoms with Gasteiger partial charge in [0.15, 0.2) is 5.78 Å². The van der Waals surface area contributed by atoms with E-state index in [-0.39, 0.29) is 11.7 Å². The Hall–Kier alpha value is -1.74. The molecule has 1 aliphatic rings. The van der Waals surface area contributed by atoms with Crippen molar-refractivity contribution in [1.29, 1.82) is 0 Å². The second-order valence-electron chi connectivity index (χ2n) is 5.86. The first-order chi connectivity index (χ1) is 10.6. The van der Waals surface area contributed by atoms with Gasteiger partial charge in [0.1, 0.15) is 6.10 Å². The van der Waals surface area contributed by atoms with Gasteiger partial charge in [-0.25, -0.2) is 0 Å². The number of Topliss-reactive ketones (excluding diaryl/α,β-unsaturated/α-hetero) is 1. The van der Waals surface area contributed by atoms with Crippen LogP contribution in [0.1, 0.15) is 56.3 Å². The fourth-order valence-corrected chi connectivity index (χ4v) is 2.72. The molecule has 2 rings (SSSR count). The molecular formula is C19H25NO2. The van der Waals surface area contributed by atoms with Crippen molar-refractivity contribution >= 4 is 17.2 Å². The predicted octanol–water partition coefficient (Wildman–Crippen LogP) is 4.48. The number of aliphatic hydroxyl groups is 1. The summed E-state index contributed by atoms with van der Waals surface area (Å²) in [7, 11) is 0. The van der Waals surface area contributed by atoms with E-state index in [9.17, 15) is 9.90 Å². The van der Waals surface area contributed by atoms with Gasteiger partial charge in [0.2, 0.25) is 0 Å². The van der Waals surface area contributed by atoms with Crippen LogP contribution in [0.25, 0.3) is 0 Å². The number of para-hydroxylation sites is 1. The van der Waals surface area contributed by atoms with Crippen molar-refractivity contribution in [2.24, 2.45) is 10.9 Å². The summed E-state index contributed by atoms with van der Waals surface area (Å²) >= 11 is 0. The van der Waals surface area contributed by atoms with Gasteiger partial charge in [-0.05, 0) is 31.9 Å². The topological polar surface area (TPSA) is 49.7 Å². The molecule has 1 aromatic rings. The Morgan fingerprint density at radius 2 is 2.05 bits per heavy atom. The molecule has 2 unspecified atom stereocenters. The van der Waals surface area contributed by atoms with Crippen molar-refractivity contribution in [1.82, 2.24) is 0 Å². The first kappa shape index (κ1) is 16.6. The molecule has 3 heteroatoms. The van der Waals surface area contributed by atoms with Crippen LogP contribution in [0.5, 0.6) is 0 Å². The quantitative estimate of drug-likeness (QED) is 0.596. The van der Waals surface area contributed by atoms with Crippen LogP contribution in [-0.4, -0.2) is 22.7 Å². The number of unbranched alkanes of at least 4 members (excludes halogenated alkanes) is 4. The average molecular weight is 299 g/mol. The Morgan fingerprint density at radius 1 is 1.27 bits per heavy atom. The zero-order chi connectivity index (χ0) is 15.9. The highest BCUT2D eigenvalue weighted by molar-refractivity contribution is 6.19. The SMILES string of the molecule is CCCCCC/C=C/C(O)C1=Nc2ccccc2C(=O)C1C. The second-order valence-corrected chi connectivity index (χ2v) is 5.86. The van der Waals surface area contributed by atoms with Crippen molar-refractivity contribution < 1.29 is 9.90 Å². The molecule has 1 aliphatic heterocycles. The summed E-state index contributed by atoms with van der Waals surface area (Å²) in [6.07, 6.45) is 8.79. The molecule has 2 atom stereocenters. The van der Waals surface area contributed by atoms with Crippen molar-refractivity contribution in [2.75, 3.05) is 0 Å². The molecule has 0 amide bonds. The van der Waals surface area contributed by atoms with Gasteiger partial charge in [0.25, 0.3) is 0 Å². The number of carbonyl (C=O) groups is 1. The van der Waals surface area contributed by atoms with Crippen LogP contribution in [0, 0.1) is 5.92 Å². The van der Waals surface area contributed by atoms with Crippen LogP contribution >= 0.6 is 0 Å². The fraction of sp³-hybridized carbons (Fsp3) is 0.474. The normalized spacial score (nSPS) is 19.1. The lowest BCUT2D eigenvalue weighted by molar-refractivity contribution is 0.0954. The molecule has 22 heavy (non-hydrogen) atoms. The molecule has 1 aromatic carbocycles. The minimum atomic E-state index is -0.779. The van der Waals surface area contributed by atoms with Crippen molar-refractivity contribution in [3.63, 3.8) is 0 Å². The summed E-state index contributed by atoms with van der Waals surface area (Å²) in [5.41, 5.74) is 1.86. The van der Waals surface area contributed by atoms with E-state index in [0.717, 1.165) is 12.8 Å². The molecule has 118 valence electrons. The van der Waals surface area contributed by atoms with Gasteiger partial charge in [-0.15, -0.1) is 0 Å². The van der Waals surface area contributed by atoms with Gasteiger partial charge in [-0.3, -0.25) is 9.79 Å². The number of hydrogen-bond donors (Lipinski definition) is 1. The third-order valence-electron chi connectivity index (χ3n) is 4.10. The highest BCUT2D eigenvalue weighted by Crippen LogP contribution is 2.29. The highest BCUT2D eigenvalue weighted by atomic mass is 16.3. The smallest absolute Gasteiger partial charge is 0.173 e. The molecule has 0 aromatic heterocycles. The zero-order valence-corrected chi connectivity index (χ0v) is 13.5. The predicted molar refractivity (Wildman–Crippen MR) is 90.9 cm³/mol. The van der Waals surface area contributed by atoms with Crippen molar-refractivity contribution in [3.8, 4) is 0 Å². The minimum Gasteiger partial charge on any atom is -0.383 e. The number of nitrogens with zero attached hydrogens (tertiary/aromatic N) is 1. The van der Waals surface area contributed by atoms with E-state index in [1.54, 1.807) is 12.1 Å². The Kier molecular flexibility index (Phi) is 6.08. The maximum atomic E-state index is 12.4. The lowest BCUT2D eigenvalue weighted by Gasteiger charge is -2.22. The van der Waals surface area contributed by atoms with Crippen LogP contribution in [0.3, 0.4) is 0 Å². The third kappa shape index (κ3) is 3.92. The van der Waals surface area contributed by atoms with Crippen LogP contribution in [0.2, 0.25) is 0 Å². The molecule has 0 aliphatic carbocycles. The van der Waals surface area contributed by atoms with E-state index in [1.807, 2.05) is 31.2 Å². The molecule has 0 radical (unpaired) electrons. The average Bonchev–Trinajstić information content (AvgIpc) is 2.54. The third-order valence-corrected chi connectivity index (χ3v) is 4.10. The first-order valence-corrected chi connectivity index (χ1v) is 8.21. The summed E-state index contributed by atoms with van der Waals surface area (Å²) in [6, 6.07) is 7.32. The Bertz CT molecular complexity index is 575. The Morgan fingerprint density at radius 3 is 2.82 bits per heavy atom. The van der Waals surface area contributed by atoms with Crippen LogP contribution in [-0.2, 0) is 0 Å². The van der Waals surface area contributed by atoms with Gasteiger partial charge in [-0.2, -0.15) is 0 Å². The van der Waals surface area contributed by atoms with E-state index in [2.05, 4.69) is 11.9 Å². The number of benzene rings is 1. The van der Waals surface area contributed by atoms with Gasteiger partial charge in [-0.1, -0.05) is 50.5 Å². The lowest BCUT2D eigenvalue weighted by atomic mass is 9.88. The fourth-order valence-electron chi connectivity index (χ4n) is 2.72. The van der Waals surface area contributed by atoms with Gasteiger partial charge in [0, 0.05) is 5.56 Å². The Balaban J connectivity index is 2.03. The van der Waals surface area contributed by atoms with E-state index in [0.29, 0.717) is 17.0 Å². The Labute approximate surface area is 132 Å². The summed E-state index contributed by atoms with van der Waals surface area (Å²) in [5, 5.41) is 10.3. The maximum Gasteiger partial charge on any atom is 0.173 e. The number of allylic oxidation sites excluding steroid dienone is 1. The number of hydrogen-bond acceptors (Lipinski definition) is 3. The highest BCUT2D eigenvalue weighted by Gasteiger charge is 2.30. The molecule has 3 nitrogen and oxygen atoms in total. The van der Waals surface area contributed by atoms with Crippen LogP contribution < -0.4 is 0 Å². The minimum absolute atomic E-state index is 0.0380. The summed E-state index contributed by atoms with van der Waals surface area (Å²) in [6.45, 7) is 4.01. The molecular weight excluding hydrogens is 274 g/mol. The van der Waals surface area contributed by atoms with Gasteiger partial charge < -0.3 is 5.11 Å². The molecule has 1 N–H and O–H groups in total. The summed E-state index contributed by atoms with van der Waals surface area (Å²) in [5.74, 6) is -0.328. The van der Waals surface area contributed by atoms with Crippen LogP contribution in [0.4, 0.5) is 5.69 Å². The number of aliphatic imine (C=N–C) groups is 1. The second kappa shape index (κ2) is 8.04. The van der Waals surface area contributed by atoms with E-state index in [4.69, 9.17) is 0 Å². The summed E-state index contributed by atoms with van der Waals surface area (Å²) in [4.78, 5) is 16.9. The maximum absolute atomic E-state index is 12.4. The van der Waals surface area contributed by atoms with Crippen LogP contribution in [0.15, 0.2) is 41.4 Å². The number of fused-ring (bicyclic) bond motifs is 1. The van der Waals surface area contributed by atoms with Gasteiger partial charge in [0.05, 0.1) is 17.3 Å². The molecule has 0 saturated carbocycles. The number of ketones is 1. The molecule has 0 spiro atoms. The first-order valence-electron chi connectivity index (χ1n) is 8.21. The monoisotopic (exact) mass is 299 g/mol. The zero-order valence-electron chi connectivity index (χ0n) is 13.5. The largest absolute Gasteiger partial charge is 0.383 e. The van der Waals surface area contributed by atoms with E-state index in [1.165, 1.54) is 19.3 Å². The number of carbonyl (C=O) groups excluding carboxylic acids is 1. The summed E-state index contributed by atoms with van der Waals surface area (Å²) < 4.78 is 0. The molecule has 1 heterocycles. The molecule has 0 saturated heterocycles. The van der Waals surface area contributed by atoms with E-state index < -0.39 is 6.10 Å². The van der Waals surface area contributed by atoms with Crippen molar-refractivity contribution in [2.45, 2.75) is 52.1 Å². The van der Waals surface area contributed by atoms with E-state index >= 15 is 0 Å². The number of aliphatic hydroxyl groups excluding tert-OH is 1.